The first kappa shape index (κ1) is 28.0. The van der Waals surface area contributed by atoms with Crippen LogP contribution in [0.3, 0.4) is 0 Å². The number of H-pyrrole nitrogens is 1. The van der Waals surface area contributed by atoms with Gasteiger partial charge in [-0.2, -0.15) is 0 Å². The van der Waals surface area contributed by atoms with Gasteiger partial charge in [0.05, 0.1) is 7.11 Å². The van der Waals surface area contributed by atoms with Crippen LogP contribution in [0.25, 0.3) is 16.5 Å². The van der Waals surface area contributed by atoms with Gasteiger partial charge in [0.15, 0.2) is 0 Å². The Hall–Kier alpha value is -4.10. The second-order valence-corrected chi connectivity index (χ2v) is 12.2. The number of allylic oxidation sites excluding steroid dienone is 1. The highest BCUT2D eigenvalue weighted by molar-refractivity contribution is 5.94. The van der Waals surface area contributed by atoms with E-state index in [9.17, 15) is 9.18 Å². The zero-order valence-electron chi connectivity index (χ0n) is 24.6. The molecule has 1 aromatic heterocycles. The maximum atomic E-state index is 14.1. The molecular formula is C35H38FN3O3. The number of aromatic amines is 1. The maximum absolute atomic E-state index is 14.1. The third-order valence-electron chi connectivity index (χ3n) is 8.66. The largest absolute Gasteiger partial charge is 0.465 e. The molecule has 1 aliphatic carbocycles. The molecule has 0 amide bonds. The Bertz CT molecular complexity index is 1630. The molecule has 0 spiro atoms. The van der Waals surface area contributed by atoms with Crippen LogP contribution in [-0.4, -0.2) is 55.7 Å². The summed E-state index contributed by atoms with van der Waals surface area (Å²) >= 11 is 0. The summed E-state index contributed by atoms with van der Waals surface area (Å²) in [5.74, 6) is 0.549. The lowest BCUT2D eigenvalue weighted by atomic mass is 9.72. The minimum absolute atomic E-state index is 0.178. The molecule has 6 nitrogen and oxygen atoms in total. The number of carbonyl (C=O) groups is 1. The topological polar surface area (TPSA) is 57.8 Å². The van der Waals surface area contributed by atoms with Crippen molar-refractivity contribution < 1.29 is 18.7 Å². The van der Waals surface area contributed by atoms with Crippen LogP contribution in [0.1, 0.15) is 49.0 Å². The van der Waals surface area contributed by atoms with E-state index in [-0.39, 0.29) is 11.2 Å². The number of methoxy groups -OCH3 is 1. The molecule has 3 aromatic carbocycles. The van der Waals surface area contributed by atoms with E-state index >= 15 is 0 Å². The van der Waals surface area contributed by atoms with Gasteiger partial charge in [-0.05, 0) is 78.3 Å². The first-order valence-electron chi connectivity index (χ1n) is 14.7. The monoisotopic (exact) mass is 567 g/mol. The number of hydrogen-bond donors (Lipinski definition) is 1. The van der Waals surface area contributed by atoms with E-state index in [0.29, 0.717) is 17.1 Å². The third-order valence-corrected chi connectivity index (χ3v) is 8.66. The Labute approximate surface area is 246 Å². The molecule has 1 fully saturated rings. The number of halogens is 1. The number of rotatable bonds is 7. The highest BCUT2D eigenvalue weighted by atomic mass is 19.1. The molecule has 42 heavy (non-hydrogen) atoms. The molecule has 218 valence electrons. The second-order valence-electron chi connectivity index (χ2n) is 12.2. The normalized spacial score (nSPS) is 17.5. The highest BCUT2D eigenvalue weighted by Crippen LogP contribution is 2.43. The van der Waals surface area contributed by atoms with E-state index in [1.165, 1.54) is 24.3 Å². The lowest BCUT2D eigenvalue weighted by Gasteiger charge is -2.39. The number of hydrogen-bond acceptors (Lipinski definition) is 5. The van der Waals surface area contributed by atoms with Crippen molar-refractivity contribution >= 4 is 28.1 Å². The number of benzene rings is 3. The van der Waals surface area contributed by atoms with Crippen molar-refractivity contribution in [1.82, 2.24) is 9.88 Å². The number of anilines is 1. The SMILES string of the molecule is COC(=O)c1ccc(N2CCN(CC3=C(c4cccc(F)c4)CC(C)(C)CC3)CC2)cc1Oc1cccc2[nH]ccc12. The Morgan fingerprint density at radius 2 is 1.79 bits per heavy atom. The molecule has 0 bridgehead atoms. The molecule has 7 heteroatoms. The Morgan fingerprint density at radius 3 is 2.57 bits per heavy atom. The van der Waals surface area contributed by atoms with Gasteiger partial charge in [0.25, 0.3) is 0 Å². The van der Waals surface area contributed by atoms with Crippen LogP contribution in [-0.2, 0) is 4.74 Å². The van der Waals surface area contributed by atoms with Crippen molar-refractivity contribution in [2.24, 2.45) is 5.41 Å². The lowest BCUT2D eigenvalue weighted by molar-refractivity contribution is 0.0598. The van der Waals surface area contributed by atoms with Gasteiger partial charge in [-0.15, -0.1) is 0 Å². The predicted octanol–water partition coefficient (Wildman–Crippen LogP) is 7.67. The zero-order chi connectivity index (χ0) is 29.3. The number of piperazine rings is 1. The van der Waals surface area contributed by atoms with E-state index in [0.717, 1.165) is 74.1 Å². The molecule has 1 N–H and O–H groups in total. The van der Waals surface area contributed by atoms with Crippen molar-refractivity contribution in [3.63, 3.8) is 0 Å². The summed E-state index contributed by atoms with van der Waals surface area (Å²) in [5, 5.41) is 0.949. The summed E-state index contributed by atoms with van der Waals surface area (Å²) in [4.78, 5) is 20.6. The van der Waals surface area contributed by atoms with E-state index < -0.39 is 5.97 Å². The molecule has 2 aliphatic rings. The van der Waals surface area contributed by atoms with Crippen LogP contribution in [0.4, 0.5) is 10.1 Å². The number of nitrogens with zero attached hydrogens (tertiary/aromatic N) is 2. The summed E-state index contributed by atoms with van der Waals surface area (Å²) in [6, 6.07) is 20.6. The van der Waals surface area contributed by atoms with Crippen LogP contribution in [0, 0.1) is 11.2 Å². The molecule has 0 saturated carbocycles. The van der Waals surface area contributed by atoms with Crippen molar-refractivity contribution in [2.75, 3.05) is 44.7 Å². The number of esters is 1. The van der Waals surface area contributed by atoms with Crippen molar-refractivity contribution in [3.05, 3.63) is 95.4 Å². The van der Waals surface area contributed by atoms with Crippen LogP contribution < -0.4 is 9.64 Å². The Kier molecular flexibility index (Phi) is 7.78. The summed E-state index contributed by atoms with van der Waals surface area (Å²) in [6.07, 6.45) is 5.03. The van der Waals surface area contributed by atoms with Gasteiger partial charge in [-0.3, -0.25) is 4.90 Å². The molecule has 0 radical (unpaired) electrons. The third kappa shape index (κ3) is 5.93. The van der Waals surface area contributed by atoms with Crippen LogP contribution >= 0.6 is 0 Å². The van der Waals surface area contributed by atoms with Gasteiger partial charge in [-0.25, -0.2) is 9.18 Å². The standard InChI is InChI=1S/C35H38FN3O3/c1-35(2)14-12-25(30(22-35)24-6-4-7-26(36)20-24)23-38-16-18-39(19-17-38)27-10-11-29(34(40)41-3)33(21-27)42-32-9-5-8-31-28(32)13-15-37-31/h4-11,13,15,20-21,37H,12,14,16-19,22-23H2,1-3H3. The van der Waals surface area contributed by atoms with Gasteiger partial charge in [0.1, 0.15) is 22.9 Å². The smallest absolute Gasteiger partial charge is 0.341 e. The van der Waals surface area contributed by atoms with E-state index in [1.54, 1.807) is 12.1 Å². The van der Waals surface area contributed by atoms with Crippen LogP contribution in [0.2, 0.25) is 0 Å². The predicted molar refractivity (Wildman–Crippen MR) is 166 cm³/mol. The average Bonchev–Trinajstić information content (AvgIpc) is 3.48. The van der Waals surface area contributed by atoms with Crippen molar-refractivity contribution in [1.29, 1.82) is 0 Å². The maximum Gasteiger partial charge on any atom is 0.341 e. The fourth-order valence-corrected chi connectivity index (χ4v) is 6.26. The van der Waals surface area contributed by atoms with Gasteiger partial charge in [0, 0.05) is 61.6 Å². The Morgan fingerprint density at radius 1 is 0.976 bits per heavy atom. The minimum atomic E-state index is -0.430. The first-order chi connectivity index (χ1) is 20.3. The zero-order valence-corrected chi connectivity index (χ0v) is 24.6. The van der Waals surface area contributed by atoms with Crippen LogP contribution in [0.5, 0.6) is 11.5 Å². The molecule has 1 aliphatic heterocycles. The number of aromatic nitrogens is 1. The van der Waals surface area contributed by atoms with Crippen molar-refractivity contribution in [3.8, 4) is 11.5 Å². The quantitative estimate of drug-likeness (QED) is 0.232. The van der Waals surface area contributed by atoms with Crippen LogP contribution in [0.15, 0.2) is 78.5 Å². The molecular weight excluding hydrogens is 529 g/mol. The highest BCUT2D eigenvalue weighted by Gasteiger charge is 2.29. The summed E-state index contributed by atoms with van der Waals surface area (Å²) < 4.78 is 25.5. The van der Waals surface area contributed by atoms with E-state index in [2.05, 4.69) is 28.6 Å². The molecule has 0 atom stereocenters. The minimum Gasteiger partial charge on any atom is -0.465 e. The van der Waals surface area contributed by atoms with Crippen molar-refractivity contribution in [2.45, 2.75) is 33.1 Å². The lowest BCUT2D eigenvalue weighted by Crippen LogP contribution is -2.47. The summed E-state index contributed by atoms with van der Waals surface area (Å²) in [5.41, 5.74) is 6.35. The van der Waals surface area contributed by atoms with E-state index in [4.69, 9.17) is 9.47 Å². The molecule has 2 heterocycles. The molecule has 0 unspecified atom stereocenters. The summed E-state index contributed by atoms with van der Waals surface area (Å²) in [6.45, 7) is 9.08. The second kappa shape index (κ2) is 11.6. The van der Waals surface area contributed by atoms with Gasteiger partial charge < -0.3 is 19.4 Å². The molecule has 1 saturated heterocycles. The Balaban J connectivity index is 1.19. The van der Waals surface area contributed by atoms with Gasteiger partial charge >= 0.3 is 5.97 Å². The number of ether oxygens (including phenoxy) is 2. The molecule has 6 rings (SSSR count). The fourth-order valence-electron chi connectivity index (χ4n) is 6.26. The number of fused-ring (bicyclic) bond motifs is 1. The number of nitrogens with one attached hydrogen (secondary N) is 1. The van der Waals surface area contributed by atoms with Gasteiger partial charge in [0.2, 0.25) is 0 Å². The van der Waals surface area contributed by atoms with E-state index in [1.807, 2.05) is 54.7 Å². The summed E-state index contributed by atoms with van der Waals surface area (Å²) in [7, 11) is 1.38. The molecule has 4 aromatic rings. The number of carbonyl (C=O) groups excluding carboxylic acids is 1. The fraction of sp³-hybridized carbons (Fsp3) is 0.343. The average molecular weight is 568 g/mol. The first-order valence-corrected chi connectivity index (χ1v) is 14.7. The van der Waals surface area contributed by atoms with Gasteiger partial charge in [-0.1, -0.05) is 37.6 Å².